The van der Waals surface area contributed by atoms with E-state index in [1.54, 1.807) is 0 Å². The molecule has 1 aromatic rings. The number of aliphatic carboxylic acids is 1. The van der Waals surface area contributed by atoms with Crippen LogP contribution < -0.4 is 4.90 Å². The second-order valence-electron chi connectivity index (χ2n) is 3.71. The van der Waals surface area contributed by atoms with Crippen LogP contribution in [0.2, 0.25) is 0 Å². The average molecular weight is 278 g/mol. The van der Waals surface area contributed by atoms with Crippen LogP contribution in [0.1, 0.15) is 5.56 Å². The molecule has 0 aromatic heterocycles. The Morgan fingerprint density at radius 2 is 2.05 bits per heavy atom. The summed E-state index contributed by atoms with van der Waals surface area (Å²) in [4.78, 5) is 20.9. The van der Waals surface area contributed by atoms with Crippen molar-refractivity contribution >= 4 is 17.3 Å². The summed E-state index contributed by atoms with van der Waals surface area (Å²) in [5, 5.41) is 19.1. The molecule has 0 bridgehead atoms. The first-order valence-corrected chi connectivity index (χ1v) is 4.91. The van der Waals surface area contributed by atoms with Gasteiger partial charge in [0.2, 0.25) is 0 Å². The summed E-state index contributed by atoms with van der Waals surface area (Å²) in [6.45, 7) is -0.519. The lowest BCUT2D eigenvalue weighted by molar-refractivity contribution is -0.388. The summed E-state index contributed by atoms with van der Waals surface area (Å²) in [5.41, 5.74) is -2.55. The van der Waals surface area contributed by atoms with E-state index in [2.05, 4.69) is 0 Å². The summed E-state index contributed by atoms with van der Waals surface area (Å²) in [6, 6.07) is 2.33. The molecule has 0 saturated heterocycles. The number of halogens is 3. The third kappa shape index (κ3) is 3.57. The minimum Gasteiger partial charge on any atom is -0.480 e. The SMILES string of the molecule is CN(CC(=O)O)c1ccc([N+](=O)[O-])c(C(F)(F)F)c1. The van der Waals surface area contributed by atoms with Crippen LogP contribution in [0, 0.1) is 10.1 Å². The van der Waals surface area contributed by atoms with Crippen molar-refractivity contribution in [3.05, 3.63) is 33.9 Å². The van der Waals surface area contributed by atoms with Crippen molar-refractivity contribution < 1.29 is 28.0 Å². The van der Waals surface area contributed by atoms with Gasteiger partial charge < -0.3 is 10.0 Å². The first-order valence-electron chi connectivity index (χ1n) is 4.91. The molecule has 0 unspecified atom stereocenters. The highest BCUT2D eigenvalue weighted by Gasteiger charge is 2.38. The zero-order chi connectivity index (χ0) is 14.8. The Morgan fingerprint density at radius 3 is 2.47 bits per heavy atom. The van der Waals surface area contributed by atoms with Crippen molar-refractivity contribution in [3.63, 3.8) is 0 Å². The van der Waals surface area contributed by atoms with E-state index in [-0.39, 0.29) is 5.69 Å². The van der Waals surface area contributed by atoms with Crippen LogP contribution in [0.3, 0.4) is 0 Å². The van der Waals surface area contributed by atoms with Crippen LogP contribution in [-0.4, -0.2) is 29.6 Å². The molecular formula is C10H9F3N2O4. The Kier molecular flexibility index (Phi) is 3.98. The maximum Gasteiger partial charge on any atom is 0.423 e. The van der Waals surface area contributed by atoms with Crippen LogP contribution in [0.4, 0.5) is 24.5 Å². The van der Waals surface area contributed by atoms with Gasteiger partial charge in [0, 0.05) is 18.8 Å². The third-order valence-electron chi connectivity index (χ3n) is 2.30. The molecule has 0 spiro atoms. The number of likely N-dealkylation sites (N-methyl/N-ethyl adjacent to an activating group) is 1. The first kappa shape index (κ1) is 14.7. The molecule has 19 heavy (non-hydrogen) atoms. The molecule has 104 valence electrons. The molecule has 0 amide bonds. The molecule has 1 aromatic carbocycles. The fraction of sp³-hybridized carbons (Fsp3) is 0.300. The monoisotopic (exact) mass is 278 g/mol. The Labute approximate surface area is 105 Å². The topological polar surface area (TPSA) is 83.7 Å². The molecule has 0 fully saturated rings. The molecular weight excluding hydrogens is 269 g/mol. The molecule has 0 aliphatic heterocycles. The number of anilines is 1. The van der Waals surface area contributed by atoms with E-state index in [0.717, 1.165) is 11.0 Å². The van der Waals surface area contributed by atoms with Gasteiger partial charge in [0.1, 0.15) is 12.1 Å². The number of hydrogen-bond acceptors (Lipinski definition) is 4. The van der Waals surface area contributed by atoms with Crippen LogP contribution in [0.15, 0.2) is 18.2 Å². The Bertz CT molecular complexity index is 516. The summed E-state index contributed by atoms with van der Waals surface area (Å²) < 4.78 is 38.0. The standard InChI is InChI=1S/C10H9F3N2O4/c1-14(5-9(16)17)6-2-3-8(15(18)19)7(4-6)10(11,12)13/h2-4H,5H2,1H3,(H,16,17). The second kappa shape index (κ2) is 5.12. The van der Waals surface area contributed by atoms with Gasteiger partial charge in [-0.1, -0.05) is 0 Å². The fourth-order valence-electron chi connectivity index (χ4n) is 1.44. The van der Waals surface area contributed by atoms with Gasteiger partial charge in [0.25, 0.3) is 5.69 Å². The van der Waals surface area contributed by atoms with E-state index in [1.165, 1.54) is 7.05 Å². The Hall–Kier alpha value is -2.32. The highest BCUT2D eigenvalue weighted by Crippen LogP contribution is 2.38. The molecule has 6 nitrogen and oxygen atoms in total. The van der Waals surface area contributed by atoms with Crippen molar-refractivity contribution in [2.45, 2.75) is 6.18 Å². The third-order valence-corrected chi connectivity index (χ3v) is 2.30. The first-order chi connectivity index (χ1) is 8.62. The van der Waals surface area contributed by atoms with Crippen molar-refractivity contribution in [1.29, 1.82) is 0 Å². The van der Waals surface area contributed by atoms with Gasteiger partial charge in [-0.15, -0.1) is 0 Å². The minimum absolute atomic E-state index is 0.0691. The lowest BCUT2D eigenvalue weighted by Gasteiger charge is -2.18. The van der Waals surface area contributed by atoms with Gasteiger partial charge in [-0.25, -0.2) is 0 Å². The number of alkyl halides is 3. The molecule has 9 heteroatoms. The molecule has 1 N–H and O–H groups in total. The molecule has 0 aliphatic carbocycles. The fourth-order valence-corrected chi connectivity index (χ4v) is 1.44. The maximum atomic E-state index is 12.7. The molecule has 0 radical (unpaired) electrons. The number of hydrogen-bond donors (Lipinski definition) is 1. The van der Waals surface area contributed by atoms with Crippen molar-refractivity contribution in [2.75, 3.05) is 18.5 Å². The maximum absolute atomic E-state index is 12.7. The van der Waals surface area contributed by atoms with Gasteiger partial charge in [-0.3, -0.25) is 14.9 Å². The Morgan fingerprint density at radius 1 is 1.47 bits per heavy atom. The molecule has 0 saturated carbocycles. The van der Waals surface area contributed by atoms with Crippen molar-refractivity contribution in [3.8, 4) is 0 Å². The zero-order valence-corrected chi connectivity index (χ0v) is 9.64. The zero-order valence-electron chi connectivity index (χ0n) is 9.64. The highest BCUT2D eigenvalue weighted by molar-refractivity contribution is 5.74. The van der Waals surface area contributed by atoms with Gasteiger partial charge in [-0.05, 0) is 12.1 Å². The highest BCUT2D eigenvalue weighted by atomic mass is 19.4. The second-order valence-corrected chi connectivity index (χ2v) is 3.71. The summed E-state index contributed by atoms with van der Waals surface area (Å²) in [7, 11) is 1.27. The van der Waals surface area contributed by atoms with E-state index in [1.807, 2.05) is 0 Å². The number of carboxylic acid groups (broad SMARTS) is 1. The van der Waals surface area contributed by atoms with Crippen LogP contribution >= 0.6 is 0 Å². The number of nitrogens with zero attached hydrogens (tertiary/aromatic N) is 2. The lowest BCUT2D eigenvalue weighted by Crippen LogP contribution is -2.25. The van der Waals surface area contributed by atoms with E-state index in [4.69, 9.17) is 5.11 Å². The summed E-state index contributed by atoms with van der Waals surface area (Å²) in [5.74, 6) is -1.23. The normalized spacial score (nSPS) is 11.2. The van der Waals surface area contributed by atoms with Crippen molar-refractivity contribution in [2.24, 2.45) is 0 Å². The number of benzene rings is 1. The number of nitro groups is 1. The van der Waals surface area contributed by atoms with Gasteiger partial charge in [0.05, 0.1) is 4.92 Å². The van der Waals surface area contributed by atoms with E-state index in [9.17, 15) is 28.1 Å². The number of rotatable bonds is 4. The van der Waals surface area contributed by atoms with Gasteiger partial charge in [0.15, 0.2) is 0 Å². The lowest BCUT2D eigenvalue weighted by atomic mass is 10.1. The van der Waals surface area contributed by atoms with E-state index >= 15 is 0 Å². The summed E-state index contributed by atoms with van der Waals surface area (Å²) in [6.07, 6.45) is -4.89. The summed E-state index contributed by atoms with van der Waals surface area (Å²) >= 11 is 0. The largest absolute Gasteiger partial charge is 0.480 e. The molecule has 0 heterocycles. The predicted octanol–water partition coefficient (Wildman–Crippen LogP) is 2.13. The molecule has 0 aliphatic rings. The predicted molar refractivity (Wildman–Crippen MR) is 59.0 cm³/mol. The van der Waals surface area contributed by atoms with Crippen molar-refractivity contribution in [1.82, 2.24) is 0 Å². The van der Waals surface area contributed by atoms with Gasteiger partial charge in [-0.2, -0.15) is 13.2 Å². The minimum atomic E-state index is -4.89. The van der Waals surface area contributed by atoms with Gasteiger partial charge >= 0.3 is 12.1 Å². The number of carboxylic acids is 1. The molecule has 1 rings (SSSR count). The van der Waals surface area contributed by atoms with Crippen LogP contribution in [0.25, 0.3) is 0 Å². The van der Waals surface area contributed by atoms with Crippen LogP contribution in [-0.2, 0) is 11.0 Å². The number of nitro benzene ring substituents is 1. The smallest absolute Gasteiger partial charge is 0.423 e. The quantitative estimate of drug-likeness (QED) is 0.673. The average Bonchev–Trinajstić information content (AvgIpc) is 2.25. The molecule has 0 atom stereocenters. The number of carbonyl (C=O) groups is 1. The Balaban J connectivity index is 3.26. The van der Waals surface area contributed by atoms with Crippen LogP contribution in [0.5, 0.6) is 0 Å². The van der Waals surface area contributed by atoms with E-state index in [0.29, 0.717) is 12.1 Å². The van der Waals surface area contributed by atoms with E-state index < -0.39 is 34.9 Å².